The first-order valence-electron chi connectivity index (χ1n) is 3.07. The van der Waals surface area contributed by atoms with Crippen molar-refractivity contribution in [2.45, 2.75) is 13.1 Å². The molecule has 0 radical (unpaired) electrons. The lowest BCUT2D eigenvalue weighted by atomic mass is 10.4. The number of nitrogens with zero attached hydrogens (tertiary/aromatic N) is 2. The van der Waals surface area contributed by atoms with Gasteiger partial charge in [-0.15, -0.1) is 0 Å². The summed E-state index contributed by atoms with van der Waals surface area (Å²) in [6.45, 7) is 2.01. The Kier molecular flexibility index (Phi) is 0.960. The minimum atomic E-state index is 1.00. The monoisotopic (exact) mass is 122 g/mol. The highest BCUT2D eigenvalue weighted by molar-refractivity contribution is 5.09. The Bertz CT molecular complexity index is 198. The molecule has 0 saturated carbocycles. The molecule has 1 aromatic heterocycles. The van der Waals surface area contributed by atoms with Crippen molar-refractivity contribution < 1.29 is 5.32 Å². The van der Waals surface area contributed by atoms with Gasteiger partial charge in [0, 0.05) is 12.4 Å². The van der Waals surface area contributed by atoms with E-state index in [0.717, 1.165) is 24.5 Å². The lowest BCUT2D eigenvalue weighted by Crippen LogP contribution is -2.77. The van der Waals surface area contributed by atoms with Gasteiger partial charge >= 0.3 is 0 Å². The summed E-state index contributed by atoms with van der Waals surface area (Å²) in [4.78, 5) is 8.33. The van der Waals surface area contributed by atoms with Crippen LogP contribution in [0.5, 0.6) is 0 Å². The van der Waals surface area contributed by atoms with Crippen LogP contribution in [0.1, 0.15) is 11.4 Å². The van der Waals surface area contributed by atoms with Gasteiger partial charge in [0.25, 0.3) is 0 Å². The molecular weight excluding hydrogens is 114 g/mol. The quantitative estimate of drug-likeness (QED) is 0.482. The lowest BCUT2D eigenvalue weighted by Gasteiger charge is -1.86. The van der Waals surface area contributed by atoms with Crippen LogP contribution in [0, 0.1) is 0 Å². The molecule has 0 unspecified atom stereocenters. The molecule has 0 saturated heterocycles. The van der Waals surface area contributed by atoms with Crippen LogP contribution < -0.4 is 5.32 Å². The molecule has 2 N–H and O–H groups in total. The van der Waals surface area contributed by atoms with Gasteiger partial charge in [0.05, 0.1) is 0 Å². The Hall–Kier alpha value is -0.960. The van der Waals surface area contributed by atoms with Crippen molar-refractivity contribution in [2.24, 2.45) is 0 Å². The van der Waals surface area contributed by atoms with Gasteiger partial charge in [-0.3, -0.25) is 9.97 Å². The summed E-state index contributed by atoms with van der Waals surface area (Å²) in [5.74, 6) is 0. The summed E-state index contributed by atoms with van der Waals surface area (Å²) >= 11 is 0. The molecule has 1 aliphatic heterocycles. The van der Waals surface area contributed by atoms with E-state index in [1.165, 1.54) is 0 Å². The molecule has 9 heavy (non-hydrogen) atoms. The predicted octanol–water partition coefficient (Wildman–Crippen LogP) is -0.946. The third-order valence-electron chi connectivity index (χ3n) is 1.54. The van der Waals surface area contributed by atoms with E-state index < -0.39 is 0 Å². The third-order valence-corrected chi connectivity index (χ3v) is 1.54. The predicted molar refractivity (Wildman–Crippen MR) is 31.4 cm³/mol. The van der Waals surface area contributed by atoms with Gasteiger partial charge in [0.15, 0.2) is 0 Å². The number of hydrogen-bond acceptors (Lipinski definition) is 2. The maximum absolute atomic E-state index is 4.17. The maximum Gasteiger partial charge on any atom is 0.122 e. The van der Waals surface area contributed by atoms with Crippen LogP contribution in [-0.4, -0.2) is 9.97 Å². The van der Waals surface area contributed by atoms with Crippen LogP contribution in [-0.2, 0) is 13.1 Å². The molecule has 3 heteroatoms. The van der Waals surface area contributed by atoms with E-state index in [-0.39, 0.29) is 0 Å². The van der Waals surface area contributed by atoms with Crippen LogP contribution in [0.4, 0.5) is 0 Å². The minimum Gasteiger partial charge on any atom is -0.336 e. The van der Waals surface area contributed by atoms with E-state index >= 15 is 0 Å². The second-order valence-electron chi connectivity index (χ2n) is 2.15. The Morgan fingerprint density at radius 2 is 1.67 bits per heavy atom. The molecule has 0 atom stereocenters. The SMILES string of the molecule is c1cnc2c(n1)C[NH2+]C2. The van der Waals surface area contributed by atoms with Gasteiger partial charge < -0.3 is 5.32 Å². The summed E-state index contributed by atoms with van der Waals surface area (Å²) in [7, 11) is 0. The molecule has 0 spiro atoms. The van der Waals surface area contributed by atoms with Crippen LogP contribution in [0.25, 0.3) is 0 Å². The molecule has 0 bridgehead atoms. The first-order valence-corrected chi connectivity index (χ1v) is 3.07. The van der Waals surface area contributed by atoms with Crippen molar-refractivity contribution in [1.82, 2.24) is 9.97 Å². The second-order valence-corrected chi connectivity index (χ2v) is 2.15. The molecule has 46 valence electrons. The molecule has 0 aromatic carbocycles. The smallest absolute Gasteiger partial charge is 0.122 e. The Morgan fingerprint density at radius 3 is 2.22 bits per heavy atom. The van der Waals surface area contributed by atoms with Crippen LogP contribution in [0.2, 0.25) is 0 Å². The summed E-state index contributed by atoms with van der Waals surface area (Å²) in [5.41, 5.74) is 2.30. The first-order chi connectivity index (χ1) is 4.47. The van der Waals surface area contributed by atoms with Crippen LogP contribution in [0.15, 0.2) is 12.4 Å². The van der Waals surface area contributed by atoms with Crippen LogP contribution >= 0.6 is 0 Å². The van der Waals surface area contributed by atoms with E-state index in [2.05, 4.69) is 15.3 Å². The molecule has 0 fully saturated rings. The fourth-order valence-corrected chi connectivity index (χ4v) is 1.08. The van der Waals surface area contributed by atoms with Crippen molar-refractivity contribution in [3.8, 4) is 0 Å². The fraction of sp³-hybridized carbons (Fsp3) is 0.333. The number of aromatic nitrogens is 2. The summed E-state index contributed by atoms with van der Waals surface area (Å²) in [6.07, 6.45) is 3.50. The van der Waals surface area contributed by atoms with Crippen LogP contribution in [0.3, 0.4) is 0 Å². The number of fused-ring (bicyclic) bond motifs is 1. The normalized spacial score (nSPS) is 15.6. The van der Waals surface area contributed by atoms with Crippen molar-refractivity contribution in [3.63, 3.8) is 0 Å². The number of quaternary nitrogens is 1. The highest BCUT2D eigenvalue weighted by atomic mass is 15.0. The number of rotatable bonds is 0. The van der Waals surface area contributed by atoms with Crippen molar-refractivity contribution >= 4 is 0 Å². The van der Waals surface area contributed by atoms with E-state index in [1.807, 2.05) is 0 Å². The topological polar surface area (TPSA) is 42.4 Å². The van der Waals surface area contributed by atoms with Gasteiger partial charge in [-0.05, 0) is 0 Å². The summed E-state index contributed by atoms with van der Waals surface area (Å²) in [5, 5.41) is 2.20. The fourth-order valence-electron chi connectivity index (χ4n) is 1.08. The molecule has 0 aliphatic carbocycles. The van der Waals surface area contributed by atoms with E-state index in [0.29, 0.717) is 0 Å². The molecule has 2 heterocycles. The zero-order valence-electron chi connectivity index (χ0n) is 5.04. The summed E-state index contributed by atoms with van der Waals surface area (Å²) < 4.78 is 0. The number of hydrogen-bond donors (Lipinski definition) is 1. The molecule has 3 nitrogen and oxygen atoms in total. The maximum atomic E-state index is 4.17. The highest BCUT2D eigenvalue weighted by Crippen LogP contribution is 2.00. The number of nitrogens with two attached hydrogens (primary N) is 1. The van der Waals surface area contributed by atoms with Crippen molar-refractivity contribution in [2.75, 3.05) is 0 Å². The van der Waals surface area contributed by atoms with Crippen molar-refractivity contribution in [1.29, 1.82) is 0 Å². The molecule has 2 rings (SSSR count). The van der Waals surface area contributed by atoms with Gasteiger partial charge in [-0.2, -0.15) is 0 Å². The second kappa shape index (κ2) is 1.77. The van der Waals surface area contributed by atoms with E-state index in [4.69, 9.17) is 0 Å². The molecule has 0 amide bonds. The van der Waals surface area contributed by atoms with Gasteiger partial charge in [0.1, 0.15) is 24.5 Å². The average molecular weight is 122 g/mol. The van der Waals surface area contributed by atoms with E-state index in [1.54, 1.807) is 12.4 Å². The zero-order valence-corrected chi connectivity index (χ0v) is 5.04. The highest BCUT2D eigenvalue weighted by Gasteiger charge is 2.14. The Morgan fingerprint density at radius 1 is 1.11 bits per heavy atom. The molecule has 1 aromatic rings. The molecular formula is C6H8N3+. The van der Waals surface area contributed by atoms with Gasteiger partial charge in [-0.25, -0.2) is 0 Å². The van der Waals surface area contributed by atoms with Gasteiger partial charge in [-0.1, -0.05) is 0 Å². The largest absolute Gasteiger partial charge is 0.336 e. The zero-order chi connectivity index (χ0) is 6.10. The standard InChI is InChI=1S/C6H7N3/c1-2-9-6-4-7-3-5(6)8-1/h1-2,7H,3-4H2/p+1. The average Bonchev–Trinajstić information content (AvgIpc) is 2.33. The molecule has 1 aliphatic rings. The van der Waals surface area contributed by atoms with Crippen molar-refractivity contribution in [3.05, 3.63) is 23.8 Å². The minimum absolute atomic E-state index is 1.00. The first kappa shape index (κ1) is 4.88. The Balaban J connectivity index is 2.54. The third kappa shape index (κ3) is 0.695. The summed E-state index contributed by atoms with van der Waals surface area (Å²) in [6, 6.07) is 0. The lowest BCUT2D eigenvalue weighted by molar-refractivity contribution is -0.677. The van der Waals surface area contributed by atoms with E-state index in [9.17, 15) is 0 Å². The Labute approximate surface area is 53.1 Å². The van der Waals surface area contributed by atoms with Gasteiger partial charge in [0.2, 0.25) is 0 Å².